The maximum absolute atomic E-state index is 13.2. The fourth-order valence-corrected chi connectivity index (χ4v) is 3.38. The minimum atomic E-state index is -2.56. The zero-order valence-corrected chi connectivity index (χ0v) is 14.6. The van der Waals surface area contributed by atoms with Crippen LogP contribution in [0.3, 0.4) is 0 Å². The van der Waals surface area contributed by atoms with Gasteiger partial charge in [-0.15, -0.1) is 0 Å². The average Bonchev–Trinajstić information content (AvgIpc) is 3.02. The molecule has 0 amide bonds. The Balaban J connectivity index is 1.61. The van der Waals surface area contributed by atoms with Crippen molar-refractivity contribution in [3.63, 3.8) is 0 Å². The summed E-state index contributed by atoms with van der Waals surface area (Å²) >= 11 is 0. The average molecular weight is 360 g/mol. The van der Waals surface area contributed by atoms with Crippen LogP contribution in [0, 0.1) is 0 Å². The Morgan fingerprint density at radius 2 is 2.08 bits per heavy atom. The molecule has 3 heterocycles. The molecule has 2 aromatic heterocycles. The van der Waals surface area contributed by atoms with E-state index in [2.05, 4.69) is 22.5 Å². The van der Waals surface area contributed by atoms with Gasteiger partial charge >= 0.3 is 0 Å². The number of nitrogens with one attached hydrogen (secondary N) is 2. The van der Waals surface area contributed by atoms with Gasteiger partial charge in [0.05, 0.1) is 23.5 Å². The van der Waals surface area contributed by atoms with Crippen molar-refractivity contribution >= 4 is 11.5 Å². The van der Waals surface area contributed by atoms with Gasteiger partial charge in [0.2, 0.25) is 0 Å². The molecule has 2 aliphatic rings. The van der Waals surface area contributed by atoms with E-state index in [4.69, 9.17) is 9.72 Å². The number of hydrogen-bond acceptors (Lipinski definition) is 5. The molecular weight excluding hydrogens is 338 g/mol. The van der Waals surface area contributed by atoms with Crippen LogP contribution < -0.4 is 10.6 Å². The minimum Gasteiger partial charge on any atom is -0.379 e. The monoisotopic (exact) mass is 360 g/mol. The van der Waals surface area contributed by atoms with Crippen molar-refractivity contribution in [2.75, 3.05) is 23.8 Å². The fraction of sp³-hybridized carbons (Fsp3) is 0.474. The molecule has 1 atom stereocenters. The van der Waals surface area contributed by atoms with Crippen LogP contribution >= 0.6 is 0 Å². The van der Waals surface area contributed by atoms with Gasteiger partial charge in [0.15, 0.2) is 5.82 Å². The molecule has 138 valence electrons. The summed E-state index contributed by atoms with van der Waals surface area (Å²) in [4.78, 5) is 8.88. The highest BCUT2D eigenvalue weighted by molar-refractivity contribution is 5.71. The van der Waals surface area contributed by atoms with Crippen LogP contribution in [-0.4, -0.2) is 40.7 Å². The first kappa shape index (κ1) is 17.1. The van der Waals surface area contributed by atoms with Crippen molar-refractivity contribution in [1.82, 2.24) is 9.97 Å². The van der Waals surface area contributed by atoms with Gasteiger partial charge in [-0.05, 0) is 37.6 Å². The van der Waals surface area contributed by atoms with Gasteiger partial charge in [-0.25, -0.2) is 13.8 Å². The minimum absolute atomic E-state index is 0.142. The molecule has 0 aromatic carbocycles. The van der Waals surface area contributed by atoms with E-state index in [0.717, 1.165) is 23.4 Å². The predicted octanol–water partition coefficient (Wildman–Crippen LogP) is 3.94. The third kappa shape index (κ3) is 3.62. The van der Waals surface area contributed by atoms with Crippen molar-refractivity contribution < 1.29 is 13.5 Å². The molecule has 2 fully saturated rings. The zero-order valence-electron chi connectivity index (χ0n) is 14.6. The third-order valence-corrected chi connectivity index (χ3v) is 4.94. The van der Waals surface area contributed by atoms with Gasteiger partial charge in [-0.2, -0.15) is 0 Å². The van der Waals surface area contributed by atoms with Crippen LogP contribution in [-0.2, 0) is 4.74 Å². The summed E-state index contributed by atoms with van der Waals surface area (Å²) in [5, 5.41) is 6.67. The van der Waals surface area contributed by atoms with Gasteiger partial charge in [0.1, 0.15) is 0 Å². The Morgan fingerprint density at radius 1 is 1.23 bits per heavy atom. The number of alkyl halides is 2. The standard InChI is InChI=1S/C19H22F2N4O/c1-18(6-8-26-12-18)25-17-16(23-14-9-19(20,21)10-14)5-4-15(24-17)13-3-2-7-22-11-13/h2-5,7,11,14,23H,6,8-10,12H2,1H3,(H,24,25). The third-order valence-electron chi connectivity index (χ3n) is 4.94. The maximum atomic E-state index is 13.2. The maximum Gasteiger partial charge on any atom is 0.252 e. The molecule has 4 rings (SSSR count). The van der Waals surface area contributed by atoms with Crippen molar-refractivity contribution in [3.8, 4) is 11.3 Å². The van der Waals surface area contributed by atoms with E-state index in [0.29, 0.717) is 19.0 Å². The van der Waals surface area contributed by atoms with Crippen molar-refractivity contribution in [3.05, 3.63) is 36.7 Å². The van der Waals surface area contributed by atoms with Crippen molar-refractivity contribution in [1.29, 1.82) is 0 Å². The molecule has 7 heteroatoms. The van der Waals surface area contributed by atoms with Crippen LogP contribution in [0.2, 0.25) is 0 Å². The molecule has 0 spiro atoms. The van der Waals surface area contributed by atoms with Crippen LogP contribution in [0.1, 0.15) is 26.2 Å². The molecule has 2 N–H and O–H groups in total. The molecule has 0 radical (unpaired) electrons. The summed E-state index contributed by atoms with van der Waals surface area (Å²) in [5.41, 5.74) is 2.21. The van der Waals surface area contributed by atoms with E-state index < -0.39 is 5.92 Å². The molecule has 0 bridgehead atoms. The summed E-state index contributed by atoms with van der Waals surface area (Å²) in [6.07, 6.45) is 4.06. The van der Waals surface area contributed by atoms with Gasteiger partial charge < -0.3 is 15.4 Å². The Bertz CT molecular complexity index is 770. The lowest BCUT2D eigenvalue weighted by atomic mass is 9.88. The molecule has 1 saturated heterocycles. The molecule has 26 heavy (non-hydrogen) atoms. The predicted molar refractivity (Wildman–Crippen MR) is 96.5 cm³/mol. The van der Waals surface area contributed by atoms with Crippen molar-refractivity contribution in [2.24, 2.45) is 0 Å². The molecule has 2 aromatic rings. The topological polar surface area (TPSA) is 59.1 Å². The van der Waals surface area contributed by atoms with E-state index >= 15 is 0 Å². The largest absolute Gasteiger partial charge is 0.379 e. The zero-order chi connectivity index (χ0) is 18.2. The Kier molecular flexibility index (Phi) is 4.26. The summed E-state index contributed by atoms with van der Waals surface area (Å²) in [7, 11) is 0. The Hall–Kier alpha value is -2.28. The van der Waals surface area contributed by atoms with Crippen LogP contribution in [0.25, 0.3) is 11.3 Å². The summed E-state index contributed by atoms with van der Waals surface area (Å²) in [6.45, 7) is 3.37. The van der Waals surface area contributed by atoms with E-state index in [1.54, 1.807) is 12.4 Å². The number of nitrogens with zero attached hydrogens (tertiary/aromatic N) is 2. The smallest absolute Gasteiger partial charge is 0.252 e. The molecule has 5 nitrogen and oxygen atoms in total. The number of aromatic nitrogens is 2. The number of hydrogen-bond donors (Lipinski definition) is 2. The second-order valence-electron chi connectivity index (χ2n) is 7.43. The number of pyridine rings is 2. The van der Waals surface area contributed by atoms with E-state index in [1.165, 1.54) is 0 Å². The summed E-state index contributed by atoms with van der Waals surface area (Å²) < 4.78 is 31.8. The quantitative estimate of drug-likeness (QED) is 0.846. The second kappa shape index (κ2) is 6.46. The SMILES string of the molecule is CC1(Nc2nc(-c3cccnc3)ccc2NC2CC(F)(F)C2)CCOC1. The molecular formula is C19H22F2N4O. The number of anilines is 2. The normalized spacial score (nSPS) is 24.9. The molecule has 1 saturated carbocycles. The molecule has 1 aliphatic heterocycles. The van der Waals surface area contributed by atoms with Gasteiger partial charge in [0.25, 0.3) is 5.92 Å². The first-order valence-corrected chi connectivity index (χ1v) is 8.84. The number of halogens is 2. The summed E-state index contributed by atoms with van der Waals surface area (Å²) in [5.74, 6) is -1.89. The highest BCUT2D eigenvalue weighted by Gasteiger charge is 2.45. The first-order chi connectivity index (χ1) is 12.4. The lowest BCUT2D eigenvalue weighted by molar-refractivity contribution is -0.0793. The highest BCUT2D eigenvalue weighted by atomic mass is 19.3. The first-order valence-electron chi connectivity index (χ1n) is 8.84. The van der Waals surface area contributed by atoms with Crippen molar-refractivity contribution in [2.45, 2.75) is 43.7 Å². The van der Waals surface area contributed by atoms with Crippen LogP contribution in [0.4, 0.5) is 20.3 Å². The number of rotatable bonds is 5. The fourth-order valence-electron chi connectivity index (χ4n) is 3.38. The second-order valence-corrected chi connectivity index (χ2v) is 7.43. The molecule has 1 aliphatic carbocycles. The Labute approximate surface area is 151 Å². The van der Waals surface area contributed by atoms with E-state index in [-0.39, 0.29) is 24.4 Å². The van der Waals surface area contributed by atoms with Crippen LogP contribution in [0.15, 0.2) is 36.7 Å². The Morgan fingerprint density at radius 3 is 2.73 bits per heavy atom. The lowest BCUT2D eigenvalue weighted by Crippen LogP contribution is -2.44. The van der Waals surface area contributed by atoms with Gasteiger partial charge in [-0.3, -0.25) is 4.98 Å². The van der Waals surface area contributed by atoms with E-state index in [9.17, 15) is 8.78 Å². The van der Waals surface area contributed by atoms with Crippen LogP contribution in [0.5, 0.6) is 0 Å². The lowest BCUT2D eigenvalue weighted by Gasteiger charge is -2.36. The van der Waals surface area contributed by atoms with Gasteiger partial charge in [-0.1, -0.05) is 0 Å². The van der Waals surface area contributed by atoms with E-state index in [1.807, 2.05) is 24.3 Å². The summed E-state index contributed by atoms with van der Waals surface area (Å²) in [6, 6.07) is 7.35. The highest BCUT2D eigenvalue weighted by Crippen LogP contribution is 2.40. The number of ether oxygens (including phenoxy) is 1. The van der Waals surface area contributed by atoms with Gasteiger partial charge in [0, 0.05) is 43.4 Å². The molecule has 1 unspecified atom stereocenters.